The lowest BCUT2D eigenvalue weighted by molar-refractivity contribution is -0.123. The van der Waals surface area contributed by atoms with E-state index in [0.717, 1.165) is 26.2 Å². The molecule has 2 aliphatic rings. The molecule has 0 spiro atoms. The quantitative estimate of drug-likeness (QED) is 0.594. The molecule has 0 unspecified atom stereocenters. The normalized spacial score (nSPS) is 24.8. The minimum Gasteiger partial charge on any atom is -0.322 e. The topological polar surface area (TPSA) is 76.7 Å². The standard InChI is InChI=1S/C13H25N5O2/c1-10(2)18-8-5-15-11(9-18)12(19)16-13(20)17-6-3-14-4-7-17/h10-11,14-15H,3-9H2,1-2H3,(H,16,19,20)/t11-/m1/s1. The molecule has 0 aromatic carbocycles. The number of urea groups is 1. The minimum atomic E-state index is -0.307. The molecular formula is C13H25N5O2. The Morgan fingerprint density at radius 1 is 1.15 bits per heavy atom. The predicted octanol–water partition coefficient (Wildman–Crippen LogP) is -1.19. The zero-order chi connectivity index (χ0) is 14.5. The Hall–Kier alpha value is -1.18. The van der Waals surface area contributed by atoms with Crippen LogP contribution in [0.5, 0.6) is 0 Å². The zero-order valence-electron chi connectivity index (χ0n) is 12.3. The molecule has 0 saturated carbocycles. The molecule has 2 aliphatic heterocycles. The van der Waals surface area contributed by atoms with Crippen molar-refractivity contribution in [2.24, 2.45) is 0 Å². The molecule has 3 N–H and O–H groups in total. The number of nitrogens with one attached hydrogen (secondary N) is 3. The Labute approximate surface area is 120 Å². The van der Waals surface area contributed by atoms with Gasteiger partial charge in [0.05, 0.1) is 0 Å². The molecule has 7 heteroatoms. The van der Waals surface area contributed by atoms with Gasteiger partial charge >= 0.3 is 6.03 Å². The Kier molecular flexibility index (Phi) is 5.33. The molecule has 2 fully saturated rings. The maximum Gasteiger partial charge on any atom is 0.324 e. The lowest BCUT2D eigenvalue weighted by atomic mass is 10.1. The van der Waals surface area contributed by atoms with Gasteiger partial charge in [-0.25, -0.2) is 4.79 Å². The van der Waals surface area contributed by atoms with E-state index in [1.54, 1.807) is 4.90 Å². The number of rotatable bonds is 2. The van der Waals surface area contributed by atoms with Crippen LogP contribution in [-0.2, 0) is 4.79 Å². The lowest BCUT2D eigenvalue weighted by Gasteiger charge is -2.35. The second-order valence-electron chi connectivity index (χ2n) is 5.63. The van der Waals surface area contributed by atoms with Crippen LogP contribution >= 0.6 is 0 Å². The highest BCUT2D eigenvalue weighted by Crippen LogP contribution is 2.04. The van der Waals surface area contributed by atoms with Crippen LogP contribution in [0.1, 0.15) is 13.8 Å². The number of amides is 3. The molecular weight excluding hydrogens is 258 g/mol. The first kappa shape index (κ1) is 15.2. The second-order valence-corrected chi connectivity index (χ2v) is 5.63. The van der Waals surface area contributed by atoms with E-state index in [9.17, 15) is 9.59 Å². The van der Waals surface area contributed by atoms with Crippen LogP contribution in [0.4, 0.5) is 4.79 Å². The van der Waals surface area contributed by atoms with Crippen LogP contribution in [0.2, 0.25) is 0 Å². The molecule has 2 saturated heterocycles. The average molecular weight is 283 g/mol. The summed E-state index contributed by atoms with van der Waals surface area (Å²) >= 11 is 0. The van der Waals surface area contributed by atoms with Gasteiger partial charge in [0.25, 0.3) is 0 Å². The highest BCUT2D eigenvalue weighted by molar-refractivity contribution is 5.97. The summed E-state index contributed by atoms with van der Waals surface area (Å²) in [4.78, 5) is 28.1. The number of carbonyl (C=O) groups is 2. The average Bonchev–Trinajstić information content (AvgIpc) is 2.48. The smallest absolute Gasteiger partial charge is 0.322 e. The number of imide groups is 1. The molecule has 0 aliphatic carbocycles. The summed E-state index contributed by atoms with van der Waals surface area (Å²) in [5.41, 5.74) is 0. The van der Waals surface area contributed by atoms with Gasteiger partial charge < -0.3 is 15.5 Å². The molecule has 0 aromatic rings. The van der Waals surface area contributed by atoms with Gasteiger partial charge in [0, 0.05) is 51.9 Å². The van der Waals surface area contributed by atoms with Gasteiger partial charge in [0.2, 0.25) is 5.91 Å². The number of hydrogen-bond acceptors (Lipinski definition) is 5. The predicted molar refractivity (Wildman–Crippen MR) is 76.5 cm³/mol. The van der Waals surface area contributed by atoms with Crippen molar-refractivity contribution >= 4 is 11.9 Å². The summed E-state index contributed by atoms with van der Waals surface area (Å²) in [7, 11) is 0. The summed E-state index contributed by atoms with van der Waals surface area (Å²) in [5, 5.41) is 8.86. The third kappa shape index (κ3) is 3.91. The van der Waals surface area contributed by atoms with Crippen LogP contribution in [0.15, 0.2) is 0 Å². The Bertz CT molecular complexity index is 355. The third-order valence-corrected chi connectivity index (χ3v) is 3.89. The van der Waals surface area contributed by atoms with Crippen molar-refractivity contribution in [1.29, 1.82) is 0 Å². The molecule has 7 nitrogen and oxygen atoms in total. The first-order valence-electron chi connectivity index (χ1n) is 7.36. The maximum absolute atomic E-state index is 12.2. The molecule has 20 heavy (non-hydrogen) atoms. The monoisotopic (exact) mass is 283 g/mol. The summed E-state index contributed by atoms with van der Waals surface area (Å²) in [6.45, 7) is 9.46. The van der Waals surface area contributed by atoms with Crippen molar-refractivity contribution in [1.82, 2.24) is 25.8 Å². The van der Waals surface area contributed by atoms with Gasteiger partial charge in [0.1, 0.15) is 6.04 Å². The number of hydrogen-bond donors (Lipinski definition) is 3. The highest BCUT2D eigenvalue weighted by atomic mass is 16.2. The van der Waals surface area contributed by atoms with Gasteiger partial charge in [-0.1, -0.05) is 0 Å². The van der Waals surface area contributed by atoms with Crippen LogP contribution in [-0.4, -0.2) is 79.6 Å². The van der Waals surface area contributed by atoms with Crippen molar-refractivity contribution in [3.63, 3.8) is 0 Å². The van der Waals surface area contributed by atoms with E-state index in [0.29, 0.717) is 25.7 Å². The Morgan fingerprint density at radius 3 is 2.50 bits per heavy atom. The summed E-state index contributed by atoms with van der Waals surface area (Å²) in [6, 6.07) is -0.172. The van der Waals surface area contributed by atoms with Crippen molar-refractivity contribution in [2.45, 2.75) is 25.9 Å². The van der Waals surface area contributed by atoms with E-state index in [1.807, 2.05) is 0 Å². The van der Waals surface area contributed by atoms with Crippen LogP contribution in [0.25, 0.3) is 0 Å². The van der Waals surface area contributed by atoms with Gasteiger partial charge in [-0.2, -0.15) is 0 Å². The molecule has 114 valence electrons. The van der Waals surface area contributed by atoms with Crippen LogP contribution < -0.4 is 16.0 Å². The first-order valence-corrected chi connectivity index (χ1v) is 7.36. The van der Waals surface area contributed by atoms with Crippen LogP contribution in [0, 0.1) is 0 Å². The molecule has 2 rings (SSSR count). The van der Waals surface area contributed by atoms with E-state index < -0.39 is 0 Å². The van der Waals surface area contributed by atoms with E-state index in [2.05, 4.69) is 34.7 Å². The number of carbonyl (C=O) groups excluding carboxylic acids is 2. The van der Waals surface area contributed by atoms with E-state index >= 15 is 0 Å². The highest BCUT2D eigenvalue weighted by Gasteiger charge is 2.28. The molecule has 0 aromatic heterocycles. The molecule has 2 heterocycles. The second kappa shape index (κ2) is 7.01. The van der Waals surface area contributed by atoms with E-state index in [1.165, 1.54) is 0 Å². The Balaban J connectivity index is 1.82. The minimum absolute atomic E-state index is 0.223. The SMILES string of the molecule is CC(C)N1CCN[C@@H](C(=O)NC(=O)N2CCNCC2)C1. The fourth-order valence-corrected chi connectivity index (χ4v) is 2.56. The largest absolute Gasteiger partial charge is 0.324 e. The summed E-state index contributed by atoms with van der Waals surface area (Å²) < 4.78 is 0. The van der Waals surface area contributed by atoms with Crippen molar-refractivity contribution in [2.75, 3.05) is 45.8 Å². The molecule has 3 amide bonds. The van der Waals surface area contributed by atoms with Crippen molar-refractivity contribution in [3.05, 3.63) is 0 Å². The van der Waals surface area contributed by atoms with Crippen molar-refractivity contribution < 1.29 is 9.59 Å². The molecule has 0 bridgehead atoms. The van der Waals surface area contributed by atoms with Crippen molar-refractivity contribution in [3.8, 4) is 0 Å². The van der Waals surface area contributed by atoms with Crippen LogP contribution in [0.3, 0.4) is 0 Å². The lowest BCUT2D eigenvalue weighted by Crippen LogP contribution is -2.60. The molecule has 0 radical (unpaired) electrons. The summed E-state index contributed by atoms with van der Waals surface area (Å²) in [5.74, 6) is -0.223. The van der Waals surface area contributed by atoms with Gasteiger partial charge in [-0.3, -0.25) is 15.0 Å². The number of nitrogens with zero attached hydrogens (tertiary/aromatic N) is 2. The van der Waals surface area contributed by atoms with E-state index in [-0.39, 0.29) is 18.0 Å². The van der Waals surface area contributed by atoms with Gasteiger partial charge in [-0.15, -0.1) is 0 Å². The third-order valence-electron chi connectivity index (χ3n) is 3.89. The van der Waals surface area contributed by atoms with E-state index in [4.69, 9.17) is 0 Å². The summed E-state index contributed by atoms with van der Waals surface area (Å²) in [6.07, 6.45) is 0. The fourth-order valence-electron chi connectivity index (χ4n) is 2.56. The maximum atomic E-state index is 12.2. The first-order chi connectivity index (χ1) is 9.58. The van der Waals surface area contributed by atoms with Gasteiger partial charge in [0.15, 0.2) is 0 Å². The number of piperazine rings is 2. The van der Waals surface area contributed by atoms with Gasteiger partial charge in [-0.05, 0) is 13.8 Å². The Morgan fingerprint density at radius 2 is 1.85 bits per heavy atom. The zero-order valence-corrected chi connectivity index (χ0v) is 12.3. The fraction of sp³-hybridized carbons (Fsp3) is 0.846. The molecule has 1 atom stereocenters.